The number of hydrogen-bond acceptors (Lipinski definition) is 6. The van der Waals surface area contributed by atoms with Crippen LogP contribution in [0.5, 0.6) is 0 Å². The van der Waals surface area contributed by atoms with Crippen LogP contribution in [0.15, 0.2) is 39.0 Å². The lowest BCUT2D eigenvalue weighted by Crippen LogP contribution is -2.31. The van der Waals surface area contributed by atoms with E-state index < -0.39 is 0 Å². The summed E-state index contributed by atoms with van der Waals surface area (Å²) in [5, 5.41) is 11.3. The molecule has 0 radical (unpaired) electrons. The van der Waals surface area contributed by atoms with Crippen molar-refractivity contribution in [3.63, 3.8) is 0 Å². The molecule has 3 rings (SSSR count). The minimum absolute atomic E-state index is 0.0617. The molecule has 7 heteroatoms. The molecule has 1 aromatic heterocycles. The van der Waals surface area contributed by atoms with E-state index in [1.54, 1.807) is 11.8 Å². The summed E-state index contributed by atoms with van der Waals surface area (Å²) in [7, 11) is 0. The van der Waals surface area contributed by atoms with E-state index in [0.29, 0.717) is 11.7 Å². The second kappa shape index (κ2) is 7.48. The molecule has 0 saturated heterocycles. The highest BCUT2D eigenvalue weighted by Crippen LogP contribution is 2.41. The van der Waals surface area contributed by atoms with Crippen LogP contribution in [0.4, 0.5) is 0 Å². The van der Waals surface area contributed by atoms with Crippen LogP contribution >= 0.6 is 34.9 Å². The first kappa shape index (κ1) is 15.8. The number of aromatic nitrogens is 2. The predicted octanol–water partition coefficient (Wildman–Crippen LogP) is 3.62. The van der Waals surface area contributed by atoms with Crippen molar-refractivity contribution in [1.82, 2.24) is 15.5 Å². The quantitative estimate of drug-likeness (QED) is 0.772. The van der Waals surface area contributed by atoms with Gasteiger partial charge in [-0.1, -0.05) is 65.2 Å². The third-order valence-corrected chi connectivity index (χ3v) is 6.49. The summed E-state index contributed by atoms with van der Waals surface area (Å²) in [5.74, 6) is 1.03. The van der Waals surface area contributed by atoms with E-state index in [-0.39, 0.29) is 11.9 Å². The Morgan fingerprint density at radius 1 is 1.32 bits per heavy atom. The molecule has 1 heterocycles. The Labute approximate surface area is 142 Å². The number of thioether (sulfide) groups is 2. The van der Waals surface area contributed by atoms with E-state index in [9.17, 15) is 4.79 Å². The summed E-state index contributed by atoms with van der Waals surface area (Å²) in [4.78, 5) is 12.2. The van der Waals surface area contributed by atoms with Crippen molar-refractivity contribution < 1.29 is 4.79 Å². The standard InChI is InChI=1S/C15H17N3OS3/c1-20-14-17-18-15(22-14)21-9-12(19)16-13(11-7-8-11)10-5-3-2-4-6-10/h2-6,11,13H,7-9H2,1H3,(H,16,19). The van der Waals surface area contributed by atoms with Crippen molar-refractivity contribution in [1.29, 1.82) is 0 Å². The number of carbonyl (C=O) groups is 1. The molecular formula is C15H17N3OS3. The molecule has 1 N–H and O–H groups in total. The lowest BCUT2D eigenvalue weighted by Gasteiger charge is -2.18. The smallest absolute Gasteiger partial charge is 0.230 e. The van der Waals surface area contributed by atoms with Gasteiger partial charge in [-0.05, 0) is 30.6 Å². The maximum absolute atomic E-state index is 12.2. The van der Waals surface area contributed by atoms with Crippen LogP contribution in [-0.4, -0.2) is 28.1 Å². The van der Waals surface area contributed by atoms with Gasteiger partial charge in [0.2, 0.25) is 5.91 Å². The van der Waals surface area contributed by atoms with Gasteiger partial charge >= 0.3 is 0 Å². The van der Waals surface area contributed by atoms with Gasteiger partial charge in [0.25, 0.3) is 0 Å². The third kappa shape index (κ3) is 4.24. The first-order chi connectivity index (χ1) is 10.8. The zero-order valence-corrected chi connectivity index (χ0v) is 14.6. The minimum Gasteiger partial charge on any atom is -0.348 e. The molecule has 1 aliphatic carbocycles. The van der Waals surface area contributed by atoms with Crippen LogP contribution in [0.25, 0.3) is 0 Å². The Balaban J connectivity index is 1.55. The summed E-state index contributed by atoms with van der Waals surface area (Å²) in [5.41, 5.74) is 1.20. The monoisotopic (exact) mass is 351 g/mol. The van der Waals surface area contributed by atoms with Crippen molar-refractivity contribution in [3.05, 3.63) is 35.9 Å². The molecule has 116 valence electrons. The van der Waals surface area contributed by atoms with Gasteiger partial charge in [0.15, 0.2) is 8.68 Å². The Morgan fingerprint density at radius 2 is 2.05 bits per heavy atom. The molecule has 1 amide bonds. The number of benzene rings is 1. The molecule has 1 saturated carbocycles. The van der Waals surface area contributed by atoms with E-state index in [0.717, 1.165) is 8.68 Å². The van der Waals surface area contributed by atoms with Crippen LogP contribution < -0.4 is 5.32 Å². The maximum Gasteiger partial charge on any atom is 0.230 e. The average molecular weight is 352 g/mol. The van der Waals surface area contributed by atoms with Gasteiger partial charge in [0.1, 0.15) is 0 Å². The van der Waals surface area contributed by atoms with Crippen LogP contribution in [0, 0.1) is 5.92 Å². The predicted molar refractivity (Wildman–Crippen MR) is 92.5 cm³/mol. The summed E-state index contributed by atoms with van der Waals surface area (Å²) in [6.07, 6.45) is 4.36. The van der Waals surface area contributed by atoms with E-state index in [1.807, 2.05) is 24.5 Å². The first-order valence-corrected chi connectivity index (χ1v) is 10.1. The highest BCUT2D eigenvalue weighted by molar-refractivity contribution is 8.03. The fourth-order valence-corrected chi connectivity index (χ4v) is 4.49. The van der Waals surface area contributed by atoms with Crippen molar-refractivity contribution in [2.24, 2.45) is 5.92 Å². The van der Waals surface area contributed by atoms with Gasteiger partial charge in [-0.25, -0.2) is 0 Å². The zero-order chi connectivity index (χ0) is 15.4. The molecule has 1 unspecified atom stereocenters. The molecular weight excluding hydrogens is 334 g/mol. The molecule has 0 spiro atoms. The fraction of sp³-hybridized carbons (Fsp3) is 0.400. The van der Waals surface area contributed by atoms with Crippen LogP contribution in [0.2, 0.25) is 0 Å². The first-order valence-electron chi connectivity index (χ1n) is 7.11. The van der Waals surface area contributed by atoms with Gasteiger partial charge in [0, 0.05) is 0 Å². The summed E-state index contributed by atoms with van der Waals surface area (Å²) in [6, 6.07) is 10.4. The number of amides is 1. The molecule has 1 aliphatic rings. The van der Waals surface area contributed by atoms with E-state index >= 15 is 0 Å². The van der Waals surface area contributed by atoms with Gasteiger partial charge in [-0.15, -0.1) is 10.2 Å². The van der Waals surface area contributed by atoms with Crippen molar-refractivity contribution in [2.45, 2.75) is 27.6 Å². The fourth-order valence-electron chi connectivity index (χ4n) is 2.24. The topological polar surface area (TPSA) is 54.9 Å². The third-order valence-electron chi connectivity index (χ3n) is 3.46. The molecule has 1 fully saturated rings. The Morgan fingerprint density at radius 3 is 2.68 bits per heavy atom. The minimum atomic E-state index is 0.0617. The number of hydrogen-bond donors (Lipinski definition) is 1. The lowest BCUT2D eigenvalue weighted by atomic mass is 10.0. The van der Waals surface area contributed by atoms with Crippen LogP contribution in [0.3, 0.4) is 0 Å². The average Bonchev–Trinajstić information content (AvgIpc) is 3.29. The van der Waals surface area contributed by atoms with E-state index in [2.05, 4.69) is 27.6 Å². The van der Waals surface area contributed by atoms with Gasteiger partial charge < -0.3 is 5.32 Å². The van der Waals surface area contributed by atoms with Gasteiger partial charge in [0.05, 0.1) is 11.8 Å². The number of nitrogens with zero attached hydrogens (tertiary/aromatic N) is 2. The highest BCUT2D eigenvalue weighted by atomic mass is 32.2. The van der Waals surface area contributed by atoms with Gasteiger partial charge in [-0.3, -0.25) is 4.79 Å². The second-order valence-corrected chi connectivity index (χ2v) is 8.37. The summed E-state index contributed by atoms with van der Waals surface area (Å²) < 4.78 is 1.78. The maximum atomic E-state index is 12.2. The normalized spacial score (nSPS) is 15.5. The van der Waals surface area contributed by atoms with Crippen molar-refractivity contribution in [3.8, 4) is 0 Å². The Bertz CT molecular complexity index is 628. The summed E-state index contributed by atoms with van der Waals surface area (Å²) in [6.45, 7) is 0. The van der Waals surface area contributed by atoms with Crippen LogP contribution in [0.1, 0.15) is 24.4 Å². The number of carbonyl (C=O) groups excluding carboxylic acids is 1. The van der Waals surface area contributed by atoms with E-state index in [4.69, 9.17) is 0 Å². The molecule has 22 heavy (non-hydrogen) atoms. The molecule has 1 aromatic carbocycles. The molecule has 0 aliphatic heterocycles. The van der Waals surface area contributed by atoms with Crippen molar-refractivity contribution in [2.75, 3.05) is 12.0 Å². The second-order valence-electron chi connectivity index (χ2n) is 5.12. The van der Waals surface area contributed by atoms with Crippen molar-refractivity contribution >= 4 is 40.8 Å². The SMILES string of the molecule is CSc1nnc(SCC(=O)NC(c2ccccc2)C2CC2)s1. The molecule has 1 atom stereocenters. The zero-order valence-electron chi connectivity index (χ0n) is 12.2. The number of rotatable bonds is 7. The summed E-state index contributed by atoms with van der Waals surface area (Å²) >= 11 is 4.56. The highest BCUT2D eigenvalue weighted by Gasteiger charge is 2.33. The Hall–Kier alpha value is -1.05. The van der Waals surface area contributed by atoms with E-state index in [1.165, 1.54) is 41.5 Å². The number of nitrogens with one attached hydrogen (secondary N) is 1. The Kier molecular flexibility index (Phi) is 5.38. The molecule has 4 nitrogen and oxygen atoms in total. The molecule has 0 bridgehead atoms. The lowest BCUT2D eigenvalue weighted by molar-refractivity contribution is -0.119. The largest absolute Gasteiger partial charge is 0.348 e. The molecule has 2 aromatic rings. The van der Waals surface area contributed by atoms with Gasteiger partial charge in [-0.2, -0.15) is 0 Å². The van der Waals surface area contributed by atoms with Crippen LogP contribution in [-0.2, 0) is 4.79 Å².